The third-order valence-electron chi connectivity index (χ3n) is 5.10. The molecule has 1 heterocycles. The summed E-state index contributed by atoms with van der Waals surface area (Å²) in [4.78, 5) is 49.8. The van der Waals surface area contributed by atoms with Gasteiger partial charge in [0.15, 0.2) is 0 Å². The second-order valence-electron chi connectivity index (χ2n) is 7.83. The lowest BCUT2D eigenvalue weighted by atomic mass is 9.93. The zero-order chi connectivity index (χ0) is 23.3. The zero-order valence-corrected chi connectivity index (χ0v) is 19.0. The molecule has 9 heteroatoms. The Morgan fingerprint density at radius 3 is 2.38 bits per heavy atom. The molecule has 3 rings (SSSR count). The first-order valence-electron chi connectivity index (χ1n) is 10.2. The Bertz CT molecular complexity index is 1010. The molecule has 1 saturated heterocycles. The smallest absolute Gasteiger partial charge is 0.326 e. The summed E-state index contributed by atoms with van der Waals surface area (Å²) in [7, 11) is 0. The van der Waals surface area contributed by atoms with Crippen LogP contribution in [0.2, 0.25) is 0 Å². The second kappa shape index (κ2) is 9.86. The first-order valence-corrected chi connectivity index (χ1v) is 11.1. The van der Waals surface area contributed by atoms with Gasteiger partial charge in [0.25, 0.3) is 11.8 Å². The minimum Gasteiger partial charge on any atom is -0.326 e. The van der Waals surface area contributed by atoms with Gasteiger partial charge >= 0.3 is 6.03 Å². The molecule has 1 aliphatic heterocycles. The first kappa shape index (κ1) is 23.3. The van der Waals surface area contributed by atoms with Gasteiger partial charge in [-0.2, -0.15) is 5.01 Å². The Morgan fingerprint density at radius 1 is 1.09 bits per heavy atom. The molecule has 8 nitrogen and oxygen atoms in total. The van der Waals surface area contributed by atoms with E-state index in [-0.39, 0.29) is 5.91 Å². The highest BCUT2D eigenvalue weighted by molar-refractivity contribution is 8.00. The number of rotatable bonds is 8. The quantitative estimate of drug-likeness (QED) is 0.420. The predicted molar refractivity (Wildman–Crippen MR) is 123 cm³/mol. The molecule has 0 saturated carbocycles. The summed E-state index contributed by atoms with van der Waals surface area (Å²) in [5.74, 6) is -1.11. The maximum atomic E-state index is 12.9. The van der Waals surface area contributed by atoms with Gasteiger partial charge in [0.2, 0.25) is 5.91 Å². The van der Waals surface area contributed by atoms with Crippen molar-refractivity contribution in [2.24, 2.45) is 0 Å². The van der Waals surface area contributed by atoms with Crippen molar-refractivity contribution in [3.8, 4) is 0 Å². The van der Waals surface area contributed by atoms with Crippen molar-refractivity contribution in [3.63, 3.8) is 0 Å². The molecule has 5 amide bonds. The Hall–Kier alpha value is -3.33. The second-order valence-corrected chi connectivity index (χ2v) is 9.24. The van der Waals surface area contributed by atoms with Crippen LogP contribution in [-0.2, 0) is 20.8 Å². The molecular formula is C23H26N4O4S. The molecule has 0 spiro atoms. The van der Waals surface area contributed by atoms with Gasteiger partial charge in [-0.15, -0.1) is 11.8 Å². The molecule has 0 aromatic heterocycles. The molecule has 1 fully saturated rings. The summed E-state index contributed by atoms with van der Waals surface area (Å²) >= 11 is 1.28. The summed E-state index contributed by atoms with van der Waals surface area (Å²) in [6.45, 7) is 4.78. The van der Waals surface area contributed by atoms with Crippen molar-refractivity contribution in [1.29, 1.82) is 0 Å². The van der Waals surface area contributed by atoms with Gasteiger partial charge in [0.05, 0.1) is 5.25 Å². The minimum absolute atomic E-state index is 0.164. The number of thioether (sulfide) groups is 1. The van der Waals surface area contributed by atoms with Gasteiger partial charge in [0, 0.05) is 17.5 Å². The number of aryl methyl sites for hydroxylation is 1. The van der Waals surface area contributed by atoms with Crippen LogP contribution < -0.4 is 16.1 Å². The van der Waals surface area contributed by atoms with E-state index in [1.807, 2.05) is 30.3 Å². The Balaban J connectivity index is 1.57. The standard InChI is InChI=1S/C23H26N4O4S/c1-15(32-19-11-9-18(10-12-19)24-16(2)28)20(29)26-27-21(30)23(3,25-22(27)31)14-13-17-7-5-4-6-8-17/h4-12,15H,13-14H2,1-3H3,(H,24,28)(H,25,31)(H,26,29). The molecular weight excluding hydrogens is 428 g/mol. The third-order valence-corrected chi connectivity index (χ3v) is 6.21. The summed E-state index contributed by atoms with van der Waals surface area (Å²) in [6.07, 6.45) is 1.03. The summed E-state index contributed by atoms with van der Waals surface area (Å²) < 4.78 is 0. The molecule has 2 aromatic carbocycles. The monoisotopic (exact) mass is 454 g/mol. The molecule has 2 unspecified atom stereocenters. The van der Waals surface area contributed by atoms with Crippen LogP contribution in [0, 0.1) is 0 Å². The van der Waals surface area contributed by atoms with Gasteiger partial charge in [-0.3, -0.25) is 19.8 Å². The van der Waals surface area contributed by atoms with Crippen LogP contribution >= 0.6 is 11.8 Å². The van der Waals surface area contributed by atoms with E-state index in [0.29, 0.717) is 18.5 Å². The third kappa shape index (κ3) is 5.67. The summed E-state index contributed by atoms with van der Waals surface area (Å²) in [6, 6.07) is 16.1. The maximum Gasteiger partial charge on any atom is 0.344 e. The van der Waals surface area contributed by atoms with E-state index in [2.05, 4.69) is 16.1 Å². The van der Waals surface area contributed by atoms with Gasteiger partial charge < -0.3 is 10.6 Å². The van der Waals surface area contributed by atoms with Crippen LogP contribution in [-0.4, -0.2) is 39.6 Å². The number of carbonyl (C=O) groups excluding carboxylic acids is 4. The van der Waals surface area contributed by atoms with E-state index >= 15 is 0 Å². The number of hydrazine groups is 1. The fourth-order valence-electron chi connectivity index (χ4n) is 3.27. The van der Waals surface area contributed by atoms with E-state index in [9.17, 15) is 19.2 Å². The normalized spacial score (nSPS) is 18.8. The fraction of sp³-hybridized carbons (Fsp3) is 0.304. The number of carbonyl (C=O) groups is 4. The number of hydrogen-bond donors (Lipinski definition) is 3. The molecule has 168 valence electrons. The van der Waals surface area contributed by atoms with Crippen LogP contribution in [0.5, 0.6) is 0 Å². The van der Waals surface area contributed by atoms with Crippen LogP contribution in [0.4, 0.5) is 10.5 Å². The van der Waals surface area contributed by atoms with Crippen LogP contribution in [0.15, 0.2) is 59.5 Å². The molecule has 1 aliphatic rings. The summed E-state index contributed by atoms with van der Waals surface area (Å²) in [5.41, 5.74) is 3.08. The average molecular weight is 455 g/mol. The Labute approximate surface area is 191 Å². The minimum atomic E-state index is -1.09. The van der Waals surface area contributed by atoms with Gasteiger partial charge in [-0.25, -0.2) is 4.79 Å². The molecule has 0 aliphatic carbocycles. The van der Waals surface area contributed by atoms with Crippen molar-refractivity contribution in [2.45, 2.75) is 49.3 Å². The zero-order valence-electron chi connectivity index (χ0n) is 18.2. The number of urea groups is 1. The highest BCUT2D eigenvalue weighted by Gasteiger charge is 2.48. The van der Waals surface area contributed by atoms with E-state index in [0.717, 1.165) is 15.5 Å². The van der Waals surface area contributed by atoms with Gasteiger partial charge in [-0.05, 0) is 56.5 Å². The number of imide groups is 1. The largest absolute Gasteiger partial charge is 0.344 e. The van der Waals surface area contributed by atoms with Gasteiger partial charge in [0.1, 0.15) is 5.54 Å². The molecule has 32 heavy (non-hydrogen) atoms. The maximum absolute atomic E-state index is 12.9. The van der Waals surface area contributed by atoms with Crippen LogP contribution in [0.3, 0.4) is 0 Å². The molecule has 2 atom stereocenters. The number of hydrogen-bond acceptors (Lipinski definition) is 5. The SMILES string of the molecule is CC(=O)Nc1ccc(SC(C)C(=O)NN2C(=O)NC(C)(CCc3ccccc3)C2=O)cc1. The van der Waals surface area contributed by atoms with E-state index < -0.39 is 28.6 Å². The molecule has 3 N–H and O–H groups in total. The van der Waals surface area contributed by atoms with E-state index in [1.165, 1.54) is 18.7 Å². The van der Waals surface area contributed by atoms with Crippen molar-refractivity contribution in [3.05, 3.63) is 60.2 Å². The molecule has 0 radical (unpaired) electrons. The Kier molecular flexibility index (Phi) is 7.19. The topological polar surface area (TPSA) is 108 Å². The van der Waals surface area contributed by atoms with E-state index in [4.69, 9.17) is 0 Å². The van der Waals surface area contributed by atoms with Crippen molar-refractivity contribution >= 4 is 41.2 Å². The van der Waals surface area contributed by atoms with E-state index in [1.54, 1.807) is 38.1 Å². The lowest BCUT2D eigenvalue weighted by molar-refractivity contribution is -0.138. The van der Waals surface area contributed by atoms with Crippen molar-refractivity contribution < 1.29 is 19.2 Å². The number of nitrogens with zero attached hydrogens (tertiary/aromatic N) is 1. The number of nitrogens with one attached hydrogen (secondary N) is 3. The van der Waals surface area contributed by atoms with Crippen LogP contribution in [0.25, 0.3) is 0 Å². The Morgan fingerprint density at radius 2 is 1.75 bits per heavy atom. The lowest BCUT2D eigenvalue weighted by Gasteiger charge is -2.22. The highest BCUT2D eigenvalue weighted by Crippen LogP contribution is 2.26. The predicted octanol–water partition coefficient (Wildman–Crippen LogP) is 3.10. The fourth-order valence-corrected chi connectivity index (χ4v) is 4.13. The highest BCUT2D eigenvalue weighted by atomic mass is 32.2. The lowest BCUT2D eigenvalue weighted by Crippen LogP contribution is -2.50. The summed E-state index contributed by atoms with van der Waals surface area (Å²) in [5, 5.41) is 5.59. The number of benzene rings is 2. The first-order chi connectivity index (χ1) is 15.2. The van der Waals surface area contributed by atoms with Crippen molar-refractivity contribution in [1.82, 2.24) is 15.8 Å². The molecule has 0 bridgehead atoms. The molecule has 2 aromatic rings. The average Bonchev–Trinajstić information content (AvgIpc) is 2.97. The van der Waals surface area contributed by atoms with Crippen molar-refractivity contribution in [2.75, 3.05) is 5.32 Å². The number of amides is 5. The van der Waals surface area contributed by atoms with Crippen LogP contribution in [0.1, 0.15) is 32.8 Å². The number of anilines is 1. The van der Waals surface area contributed by atoms with Gasteiger partial charge in [-0.1, -0.05) is 30.3 Å².